The van der Waals surface area contributed by atoms with Crippen molar-refractivity contribution < 1.29 is 22.3 Å². The average molecular weight is 392 g/mol. The Balaban J connectivity index is 1.69. The van der Waals surface area contributed by atoms with E-state index in [-0.39, 0.29) is 12.4 Å². The molecule has 0 radical (unpaired) electrons. The Morgan fingerprint density at radius 3 is 2.63 bits per heavy atom. The highest BCUT2D eigenvalue weighted by atomic mass is 32.2. The summed E-state index contributed by atoms with van der Waals surface area (Å²) in [7, 11) is -3.55. The number of nitrogens with zero attached hydrogens (tertiary/aromatic N) is 1. The monoisotopic (exact) mass is 392 g/mol. The number of amides is 1. The van der Waals surface area contributed by atoms with Crippen molar-refractivity contribution in [1.29, 1.82) is 0 Å². The van der Waals surface area contributed by atoms with Gasteiger partial charge in [0, 0.05) is 6.54 Å². The van der Waals surface area contributed by atoms with Gasteiger partial charge in [-0.25, -0.2) is 12.8 Å². The van der Waals surface area contributed by atoms with Crippen LogP contribution < -0.4 is 14.4 Å². The molecule has 27 heavy (non-hydrogen) atoms. The van der Waals surface area contributed by atoms with E-state index in [0.29, 0.717) is 24.4 Å². The minimum atomic E-state index is -3.55. The number of hydrogen-bond donors (Lipinski definition) is 1. The molecule has 1 unspecified atom stereocenters. The van der Waals surface area contributed by atoms with Gasteiger partial charge in [0.15, 0.2) is 6.10 Å². The molecule has 2 aromatic rings. The van der Waals surface area contributed by atoms with Gasteiger partial charge in [0.2, 0.25) is 10.0 Å². The van der Waals surface area contributed by atoms with Gasteiger partial charge in [-0.1, -0.05) is 18.2 Å². The molecule has 1 N–H and O–H groups in total. The van der Waals surface area contributed by atoms with Gasteiger partial charge in [-0.15, -0.1) is 0 Å². The highest BCUT2D eigenvalue weighted by Gasteiger charge is 2.34. The third-order valence-electron chi connectivity index (χ3n) is 4.30. The molecule has 144 valence electrons. The number of nitrogens with one attached hydrogen (secondary N) is 1. The summed E-state index contributed by atoms with van der Waals surface area (Å²) in [6.07, 6.45) is 0.692. The van der Waals surface area contributed by atoms with E-state index in [1.165, 1.54) is 16.4 Å². The molecule has 0 saturated heterocycles. The highest BCUT2D eigenvalue weighted by molar-refractivity contribution is 7.92. The number of carbonyl (C=O) groups is 1. The van der Waals surface area contributed by atoms with E-state index < -0.39 is 22.0 Å². The van der Waals surface area contributed by atoms with Gasteiger partial charge < -0.3 is 10.1 Å². The van der Waals surface area contributed by atoms with Crippen LogP contribution in [0.25, 0.3) is 0 Å². The summed E-state index contributed by atoms with van der Waals surface area (Å²) in [4.78, 5) is 12.5. The second-order valence-electron chi connectivity index (χ2n) is 6.54. The summed E-state index contributed by atoms with van der Waals surface area (Å²) < 4.78 is 44.1. The molecule has 0 spiro atoms. The van der Waals surface area contributed by atoms with Crippen LogP contribution in [0.4, 0.5) is 10.1 Å². The first kappa shape index (κ1) is 19.2. The van der Waals surface area contributed by atoms with E-state index in [4.69, 9.17) is 4.74 Å². The van der Waals surface area contributed by atoms with Gasteiger partial charge in [-0.05, 0) is 48.7 Å². The van der Waals surface area contributed by atoms with E-state index in [9.17, 15) is 17.6 Å². The number of ether oxygens (including phenoxy) is 1. The average Bonchev–Trinajstić information content (AvgIpc) is 2.61. The molecule has 0 aromatic heterocycles. The lowest BCUT2D eigenvalue weighted by molar-refractivity contribution is -0.127. The Hall–Kier alpha value is -2.61. The minimum absolute atomic E-state index is 0.0860. The van der Waals surface area contributed by atoms with Crippen LogP contribution in [-0.2, 0) is 21.2 Å². The van der Waals surface area contributed by atoms with Gasteiger partial charge in [-0.3, -0.25) is 9.10 Å². The van der Waals surface area contributed by atoms with Crippen molar-refractivity contribution in [2.75, 3.05) is 23.7 Å². The van der Waals surface area contributed by atoms with E-state index in [1.807, 2.05) is 6.92 Å². The van der Waals surface area contributed by atoms with Crippen molar-refractivity contribution in [3.05, 3.63) is 59.4 Å². The maximum Gasteiger partial charge on any atom is 0.263 e. The summed E-state index contributed by atoms with van der Waals surface area (Å²) in [6.45, 7) is 2.11. The molecular formula is C19H21FN2O4S. The SMILES string of the molecule is Cc1ccc2c(c1)OC(C(=O)NCCc1ccc(F)cc1)CN2S(C)(=O)=O. The molecule has 0 saturated carbocycles. The van der Waals surface area contributed by atoms with Gasteiger partial charge in [0.25, 0.3) is 5.91 Å². The number of benzene rings is 2. The predicted octanol–water partition coefficient (Wildman–Crippen LogP) is 2.02. The van der Waals surface area contributed by atoms with Crippen LogP contribution in [0.1, 0.15) is 11.1 Å². The predicted molar refractivity (Wildman–Crippen MR) is 101 cm³/mol. The quantitative estimate of drug-likeness (QED) is 0.845. The number of hydrogen-bond acceptors (Lipinski definition) is 4. The summed E-state index contributed by atoms with van der Waals surface area (Å²) in [5.74, 6) is -0.337. The third-order valence-corrected chi connectivity index (χ3v) is 5.45. The fraction of sp³-hybridized carbons (Fsp3) is 0.316. The molecule has 1 heterocycles. The lowest BCUT2D eigenvalue weighted by Crippen LogP contribution is -2.50. The van der Waals surface area contributed by atoms with Gasteiger partial charge in [0.1, 0.15) is 11.6 Å². The molecular weight excluding hydrogens is 371 g/mol. The Morgan fingerprint density at radius 2 is 1.96 bits per heavy atom. The fourth-order valence-corrected chi connectivity index (χ4v) is 3.82. The van der Waals surface area contributed by atoms with Crippen LogP contribution in [0.15, 0.2) is 42.5 Å². The minimum Gasteiger partial charge on any atom is -0.476 e. The van der Waals surface area contributed by atoms with Crippen molar-refractivity contribution >= 4 is 21.6 Å². The van der Waals surface area contributed by atoms with Crippen LogP contribution in [-0.4, -0.2) is 39.8 Å². The maximum atomic E-state index is 12.9. The summed E-state index contributed by atoms with van der Waals surface area (Å²) in [5.41, 5.74) is 2.22. The zero-order valence-electron chi connectivity index (χ0n) is 15.1. The lowest BCUT2D eigenvalue weighted by atomic mass is 10.1. The highest BCUT2D eigenvalue weighted by Crippen LogP contribution is 2.35. The molecule has 1 atom stereocenters. The molecule has 1 aliphatic rings. The Morgan fingerprint density at radius 1 is 1.26 bits per heavy atom. The summed E-state index contributed by atoms with van der Waals surface area (Å²) in [6, 6.07) is 11.2. The number of carbonyl (C=O) groups excluding carboxylic acids is 1. The van der Waals surface area contributed by atoms with Crippen LogP contribution in [0, 0.1) is 12.7 Å². The lowest BCUT2D eigenvalue weighted by Gasteiger charge is -2.34. The molecule has 0 bridgehead atoms. The zero-order chi connectivity index (χ0) is 19.6. The Labute approximate surface area is 158 Å². The largest absolute Gasteiger partial charge is 0.476 e. The van der Waals surface area contributed by atoms with Crippen molar-refractivity contribution in [3.8, 4) is 5.75 Å². The van der Waals surface area contributed by atoms with Gasteiger partial charge in [-0.2, -0.15) is 0 Å². The van der Waals surface area contributed by atoms with E-state index in [0.717, 1.165) is 17.4 Å². The smallest absolute Gasteiger partial charge is 0.263 e. The molecule has 6 nitrogen and oxygen atoms in total. The molecule has 3 rings (SSSR count). The van der Waals surface area contributed by atoms with E-state index >= 15 is 0 Å². The molecule has 2 aromatic carbocycles. The number of sulfonamides is 1. The van der Waals surface area contributed by atoms with Crippen LogP contribution >= 0.6 is 0 Å². The molecule has 1 amide bonds. The van der Waals surface area contributed by atoms with Crippen molar-refractivity contribution in [2.45, 2.75) is 19.4 Å². The second-order valence-corrected chi connectivity index (χ2v) is 8.45. The molecule has 8 heteroatoms. The first-order valence-corrected chi connectivity index (χ1v) is 10.4. The molecule has 0 fully saturated rings. The zero-order valence-corrected chi connectivity index (χ0v) is 15.9. The van der Waals surface area contributed by atoms with Crippen molar-refractivity contribution in [1.82, 2.24) is 5.32 Å². The number of aryl methyl sites for hydroxylation is 1. The fourth-order valence-electron chi connectivity index (χ4n) is 2.91. The molecule has 0 aliphatic carbocycles. The Kier molecular flexibility index (Phi) is 5.36. The first-order chi connectivity index (χ1) is 12.7. The number of fused-ring (bicyclic) bond motifs is 1. The summed E-state index contributed by atoms with van der Waals surface area (Å²) >= 11 is 0. The number of rotatable bonds is 5. The third kappa shape index (κ3) is 4.57. The van der Waals surface area contributed by atoms with Crippen molar-refractivity contribution in [2.24, 2.45) is 0 Å². The first-order valence-electron chi connectivity index (χ1n) is 8.51. The Bertz CT molecular complexity index is 945. The normalized spacial score (nSPS) is 16.4. The standard InChI is InChI=1S/C19H21FN2O4S/c1-13-3-8-16-17(11-13)26-18(12-22(16)27(2,24)25)19(23)21-10-9-14-4-6-15(20)7-5-14/h3-8,11,18H,9-10,12H2,1-2H3,(H,21,23). The van der Waals surface area contributed by atoms with Crippen LogP contribution in [0.2, 0.25) is 0 Å². The van der Waals surface area contributed by atoms with Crippen LogP contribution in [0.3, 0.4) is 0 Å². The van der Waals surface area contributed by atoms with E-state index in [2.05, 4.69) is 5.32 Å². The number of anilines is 1. The summed E-state index contributed by atoms with van der Waals surface area (Å²) in [5, 5.41) is 2.75. The van der Waals surface area contributed by atoms with Gasteiger partial charge >= 0.3 is 0 Å². The molecule has 1 aliphatic heterocycles. The van der Waals surface area contributed by atoms with E-state index in [1.54, 1.807) is 30.3 Å². The second kappa shape index (κ2) is 7.56. The van der Waals surface area contributed by atoms with Crippen LogP contribution in [0.5, 0.6) is 5.75 Å². The van der Waals surface area contributed by atoms with Gasteiger partial charge in [0.05, 0.1) is 18.5 Å². The topological polar surface area (TPSA) is 75.7 Å². The van der Waals surface area contributed by atoms with Crippen molar-refractivity contribution in [3.63, 3.8) is 0 Å². The maximum absolute atomic E-state index is 12.9. The number of halogens is 1.